The Kier molecular flexibility index (Phi) is 3.67. The minimum atomic E-state index is -0.0452. The molecular weight excluding hydrogens is 333 g/mol. The van der Waals surface area contributed by atoms with Crippen molar-refractivity contribution in [3.8, 4) is 0 Å². The first kappa shape index (κ1) is 14.5. The third-order valence-corrected chi connectivity index (χ3v) is 4.64. The van der Waals surface area contributed by atoms with Crippen LogP contribution in [0, 0.1) is 0 Å². The van der Waals surface area contributed by atoms with E-state index in [9.17, 15) is 0 Å². The molecule has 1 aromatic heterocycles. The van der Waals surface area contributed by atoms with E-state index in [1.54, 1.807) is 10.7 Å². The molecule has 0 saturated heterocycles. The molecule has 1 aliphatic heterocycles. The van der Waals surface area contributed by atoms with Crippen LogP contribution in [-0.2, 0) is 0 Å². The molecule has 4 rings (SSSR count). The Morgan fingerprint density at radius 2 is 1.91 bits per heavy atom. The van der Waals surface area contributed by atoms with Crippen LogP contribution in [0.1, 0.15) is 29.6 Å². The van der Waals surface area contributed by atoms with Crippen molar-refractivity contribution in [1.29, 1.82) is 0 Å². The smallest absolute Gasteiger partial charge is 0.243 e. The molecule has 2 aromatic carbocycles. The van der Waals surface area contributed by atoms with Crippen LogP contribution in [0.15, 0.2) is 48.5 Å². The predicted octanol–water partition coefficient (Wildman–Crippen LogP) is 4.13. The minimum absolute atomic E-state index is 0.0452. The van der Waals surface area contributed by atoms with Gasteiger partial charge in [-0.15, -0.1) is 0 Å². The average Bonchev–Trinajstić information content (AvgIpc) is 3.03. The molecule has 0 bridgehead atoms. The van der Waals surface area contributed by atoms with Crippen LogP contribution in [0.3, 0.4) is 0 Å². The molecule has 23 heavy (non-hydrogen) atoms. The molecule has 0 unspecified atom stereocenters. The summed E-state index contributed by atoms with van der Waals surface area (Å²) in [5.41, 5.74) is 2.16. The standard InChI is InChI=1S/C16H13Cl2N5/c17-11-6-7-12(13(18)8-11)15-9-14(10-4-2-1-3-5-10)19-16-20-21-22-23(15)16/h1-8,14-15H,9H2,(H,19,20,22)/t14-,15-/m1/s1. The first-order valence-electron chi connectivity index (χ1n) is 7.26. The van der Waals surface area contributed by atoms with Gasteiger partial charge in [-0.05, 0) is 40.1 Å². The second-order valence-corrected chi connectivity index (χ2v) is 6.32. The van der Waals surface area contributed by atoms with Crippen LogP contribution in [0.25, 0.3) is 0 Å². The van der Waals surface area contributed by atoms with Gasteiger partial charge in [-0.3, -0.25) is 0 Å². The zero-order valence-electron chi connectivity index (χ0n) is 12.0. The van der Waals surface area contributed by atoms with E-state index in [4.69, 9.17) is 23.2 Å². The average molecular weight is 346 g/mol. The fraction of sp³-hybridized carbons (Fsp3) is 0.188. The summed E-state index contributed by atoms with van der Waals surface area (Å²) in [6, 6.07) is 15.8. The lowest BCUT2D eigenvalue weighted by Crippen LogP contribution is -2.28. The van der Waals surface area contributed by atoms with Gasteiger partial charge in [0.05, 0.1) is 12.1 Å². The molecule has 3 aromatic rings. The fourth-order valence-corrected chi connectivity index (χ4v) is 3.51. The van der Waals surface area contributed by atoms with Gasteiger partial charge < -0.3 is 5.32 Å². The normalized spacial score (nSPS) is 19.9. The first-order valence-corrected chi connectivity index (χ1v) is 8.02. The number of aromatic nitrogens is 4. The van der Waals surface area contributed by atoms with Gasteiger partial charge in [0.2, 0.25) is 5.95 Å². The van der Waals surface area contributed by atoms with Crippen LogP contribution >= 0.6 is 23.2 Å². The molecule has 0 aliphatic carbocycles. The number of nitrogens with one attached hydrogen (secondary N) is 1. The van der Waals surface area contributed by atoms with Crippen molar-refractivity contribution >= 4 is 29.2 Å². The van der Waals surface area contributed by atoms with Crippen molar-refractivity contribution in [2.75, 3.05) is 5.32 Å². The predicted molar refractivity (Wildman–Crippen MR) is 89.8 cm³/mol. The molecule has 116 valence electrons. The third kappa shape index (κ3) is 2.66. The quantitative estimate of drug-likeness (QED) is 0.758. The molecule has 2 atom stereocenters. The number of nitrogens with zero attached hydrogens (tertiary/aromatic N) is 4. The number of anilines is 1. The van der Waals surface area contributed by atoms with E-state index in [1.807, 2.05) is 30.3 Å². The van der Waals surface area contributed by atoms with Crippen LogP contribution in [0.2, 0.25) is 10.0 Å². The third-order valence-electron chi connectivity index (χ3n) is 4.07. The van der Waals surface area contributed by atoms with Crippen LogP contribution in [0.4, 0.5) is 5.95 Å². The van der Waals surface area contributed by atoms with Crippen molar-refractivity contribution in [3.05, 3.63) is 69.7 Å². The maximum absolute atomic E-state index is 6.40. The number of benzene rings is 2. The Morgan fingerprint density at radius 1 is 1.09 bits per heavy atom. The molecule has 5 nitrogen and oxygen atoms in total. The van der Waals surface area contributed by atoms with Crippen molar-refractivity contribution in [2.45, 2.75) is 18.5 Å². The zero-order chi connectivity index (χ0) is 15.8. The molecule has 2 heterocycles. The summed E-state index contributed by atoms with van der Waals surface area (Å²) >= 11 is 12.4. The zero-order valence-corrected chi connectivity index (χ0v) is 13.5. The molecule has 0 saturated carbocycles. The minimum Gasteiger partial charge on any atom is -0.346 e. The van der Waals surface area contributed by atoms with Gasteiger partial charge in [0.25, 0.3) is 0 Å². The number of tetrazole rings is 1. The van der Waals surface area contributed by atoms with E-state index in [0.29, 0.717) is 16.0 Å². The number of rotatable bonds is 2. The summed E-state index contributed by atoms with van der Waals surface area (Å²) in [7, 11) is 0. The summed E-state index contributed by atoms with van der Waals surface area (Å²) in [5, 5.41) is 16.6. The SMILES string of the molecule is Clc1ccc([C@H]2C[C@H](c3ccccc3)Nc3nnnn32)c(Cl)c1. The molecule has 0 radical (unpaired) electrons. The summed E-state index contributed by atoms with van der Waals surface area (Å²) in [5.74, 6) is 0.640. The van der Waals surface area contributed by atoms with Crippen LogP contribution < -0.4 is 5.32 Å². The van der Waals surface area contributed by atoms with Crippen molar-refractivity contribution in [1.82, 2.24) is 20.2 Å². The van der Waals surface area contributed by atoms with E-state index in [0.717, 1.165) is 12.0 Å². The van der Waals surface area contributed by atoms with E-state index in [-0.39, 0.29) is 12.1 Å². The van der Waals surface area contributed by atoms with E-state index in [2.05, 4.69) is 33.0 Å². The highest BCUT2D eigenvalue weighted by atomic mass is 35.5. The lowest BCUT2D eigenvalue weighted by molar-refractivity contribution is 0.424. The Hall–Kier alpha value is -2.11. The van der Waals surface area contributed by atoms with Gasteiger partial charge in [0.1, 0.15) is 0 Å². The summed E-state index contributed by atoms with van der Waals surface area (Å²) in [6.07, 6.45) is 0.795. The molecule has 0 fully saturated rings. The molecule has 1 N–H and O–H groups in total. The van der Waals surface area contributed by atoms with Gasteiger partial charge >= 0.3 is 0 Å². The molecule has 1 aliphatic rings. The number of hydrogen-bond donors (Lipinski definition) is 1. The number of halogens is 2. The maximum atomic E-state index is 6.40. The van der Waals surface area contributed by atoms with Crippen molar-refractivity contribution < 1.29 is 0 Å². The molecule has 0 amide bonds. The maximum Gasteiger partial charge on any atom is 0.243 e. The lowest BCUT2D eigenvalue weighted by atomic mass is 9.93. The molecule has 0 spiro atoms. The van der Waals surface area contributed by atoms with Crippen molar-refractivity contribution in [2.24, 2.45) is 0 Å². The fourth-order valence-electron chi connectivity index (χ4n) is 2.97. The van der Waals surface area contributed by atoms with Gasteiger partial charge in [0.15, 0.2) is 0 Å². The highest BCUT2D eigenvalue weighted by Crippen LogP contribution is 2.39. The summed E-state index contributed by atoms with van der Waals surface area (Å²) in [4.78, 5) is 0. The highest BCUT2D eigenvalue weighted by Gasteiger charge is 2.31. The Morgan fingerprint density at radius 3 is 2.70 bits per heavy atom. The Labute approximate surface area is 143 Å². The summed E-state index contributed by atoms with van der Waals surface area (Å²) in [6.45, 7) is 0. The summed E-state index contributed by atoms with van der Waals surface area (Å²) < 4.78 is 1.77. The molecular formula is C16H13Cl2N5. The second kappa shape index (κ2) is 5.83. The number of hydrogen-bond acceptors (Lipinski definition) is 4. The van der Waals surface area contributed by atoms with Gasteiger partial charge in [-0.2, -0.15) is 0 Å². The van der Waals surface area contributed by atoms with Gasteiger partial charge in [0, 0.05) is 10.0 Å². The van der Waals surface area contributed by atoms with Gasteiger partial charge in [-0.1, -0.05) is 64.7 Å². The Balaban J connectivity index is 1.77. The lowest BCUT2D eigenvalue weighted by Gasteiger charge is -2.31. The first-order chi connectivity index (χ1) is 11.2. The monoisotopic (exact) mass is 345 g/mol. The topological polar surface area (TPSA) is 55.6 Å². The van der Waals surface area contributed by atoms with Gasteiger partial charge in [-0.25, -0.2) is 4.68 Å². The molecule has 7 heteroatoms. The highest BCUT2D eigenvalue weighted by molar-refractivity contribution is 6.35. The Bertz CT molecular complexity index is 833. The van der Waals surface area contributed by atoms with E-state index >= 15 is 0 Å². The van der Waals surface area contributed by atoms with Crippen LogP contribution in [-0.4, -0.2) is 20.2 Å². The van der Waals surface area contributed by atoms with E-state index < -0.39 is 0 Å². The van der Waals surface area contributed by atoms with Crippen LogP contribution in [0.5, 0.6) is 0 Å². The second-order valence-electron chi connectivity index (χ2n) is 5.47. The van der Waals surface area contributed by atoms with E-state index in [1.165, 1.54) is 5.56 Å². The largest absolute Gasteiger partial charge is 0.346 e. The number of fused-ring (bicyclic) bond motifs is 1. The van der Waals surface area contributed by atoms with Crippen molar-refractivity contribution in [3.63, 3.8) is 0 Å².